The van der Waals surface area contributed by atoms with E-state index in [4.69, 9.17) is 5.73 Å². The fraction of sp³-hybridized carbons (Fsp3) is 0.500. The number of benzene rings is 1. The Labute approximate surface area is 89.9 Å². The Bertz CT molecular complexity index is 363. The average molecular weight is 208 g/mol. The van der Waals surface area contributed by atoms with Crippen molar-refractivity contribution in [3.8, 4) is 0 Å². The summed E-state index contributed by atoms with van der Waals surface area (Å²) < 4.78 is 13.1. The number of fused-ring (bicyclic) bond motifs is 1. The molecule has 0 saturated carbocycles. The van der Waals surface area contributed by atoms with Crippen LogP contribution in [0.15, 0.2) is 18.2 Å². The zero-order chi connectivity index (χ0) is 11.0. The summed E-state index contributed by atoms with van der Waals surface area (Å²) in [6, 6.07) is 5.37. The van der Waals surface area contributed by atoms with Crippen LogP contribution in [0.4, 0.5) is 4.39 Å². The van der Waals surface area contributed by atoms with Gasteiger partial charge in [0.2, 0.25) is 0 Å². The summed E-state index contributed by atoms with van der Waals surface area (Å²) in [5.41, 5.74) is 8.18. The van der Waals surface area contributed by atoms with Crippen molar-refractivity contribution in [3.63, 3.8) is 0 Å². The molecule has 15 heavy (non-hydrogen) atoms. The Hall–Kier alpha value is -0.930. The largest absolute Gasteiger partial charge is 0.323 e. The molecule has 3 heteroatoms. The van der Waals surface area contributed by atoms with Crippen molar-refractivity contribution < 1.29 is 4.39 Å². The quantitative estimate of drug-likeness (QED) is 0.765. The molecule has 2 N–H and O–H groups in total. The van der Waals surface area contributed by atoms with Crippen LogP contribution in [0.5, 0.6) is 0 Å². The van der Waals surface area contributed by atoms with E-state index in [9.17, 15) is 4.39 Å². The van der Waals surface area contributed by atoms with Crippen LogP contribution >= 0.6 is 0 Å². The van der Waals surface area contributed by atoms with Gasteiger partial charge in [-0.25, -0.2) is 4.39 Å². The maximum Gasteiger partial charge on any atom is 0.123 e. The van der Waals surface area contributed by atoms with Gasteiger partial charge in [-0.1, -0.05) is 6.07 Å². The molecule has 0 radical (unpaired) electrons. The fourth-order valence-corrected chi connectivity index (χ4v) is 2.10. The van der Waals surface area contributed by atoms with Gasteiger partial charge in [0, 0.05) is 25.2 Å². The van der Waals surface area contributed by atoms with E-state index >= 15 is 0 Å². The van der Waals surface area contributed by atoms with E-state index in [-0.39, 0.29) is 11.9 Å². The van der Waals surface area contributed by atoms with Crippen molar-refractivity contribution in [2.75, 3.05) is 6.54 Å². The summed E-state index contributed by atoms with van der Waals surface area (Å²) in [6.45, 7) is 5.93. The predicted molar refractivity (Wildman–Crippen MR) is 58.9 cm³/mol. The summed E-state index contributed by atoms with van der Waals surface area (Å²) in [5.74, 6) is -0.174. The molecule has 82 valence electrons. The van der Waals surface area contributed by atoms with Crippen molar-refractivity contribution in [1.29, 1.82) is 0 Å². The zero-order valence-corrected chi connectivity index (χ0v) is 9.20. The van der Waals surface area contributed by atoms with Crippen LogP contribution in [-0.4, -0.2) is 17.5 Å². The minimum atomic E-state index is -0.174. The lowest BCUT2D eigenvalue weighted by molar-refractivity contribution is 0.184. The minimum absolute atomic E-state index is 0.0109. The molecule has 2 rings (SSSR count). The van der Waals surface area contributed by atoms with Crippen molar-refractivity contribution in [2.24, 2.45) is 5.73 Å². The van der Waals surface area contributed by atoms with Crippen LogP contribution in [0.1, 0.15) is 31.0 Å². The van der Waals surface area contributed by atoms with E-state index in [2.05, 4.69) is 18.7 Å². The van der Waals surface area contributed by atoms with Gasteiger partial charge in [-0.05, 0) is 37.1 Å². The van der Waals surface area contributed by atoms with Crippen LogP contribution in [0, 0.1) is 5.82 Å². The van der Waals surface area contributed by atoms with Crippen molar-refractivity contribution in [2.45, 2.75) is 32.5 Å². The molecular weight excluding hydrogens is 191 g/mol. The first kappa shape index (κ1) is 10.6. The third-order valence-electron chi connectivity index (χ3n) is 3.04. The highest BCUT2D eigenvalue weighted by molar-refractivity contribution is 5.32. The van der Waals surface area contributed by atoms with Crippen LogP contribution in [0.25, 0.3) is 0 Å². The monoisotopic (exact) mass is 208 g/mol. The van der Waals surface area contributed by atoms with Crippen molar-refractivity contribution in [1.82, 2.24) is 4.90 Å². The van der Waals surface area contributed by atoms with Gasteiger partial charge < -0.3 is 5.73 Å². The van der Waals surface area contributed by atoms with E-state index < -0.39 is 0 Å². The van der Waals surface area contributed by atoms with Crippen molar-refractivity contribution in [3.05, 3.63) is 35.1 Å². The van der Waals surface area contributed by atoms with Gasteiger partial charge >= 0.3 is 0 Å². The molecule has 1 unspecified atom stereocenters. The first-order chi connectivity index (χ1) is 7.08. The number of nitrogens with zero attached hydrogens (tertiary/aromatic N) is 1. The van der Waals surface area contributed by atoms with Gasteiger partial charge in [0.15, 0.2) is 0 Å². The molecule has 0 bridgehead atoms. The first-order valence-electron chi connectivity index (χ1n) is 5.36. The standard InChI is InChI=1S/C12H17FN2/c1-8(2)15-6-9-5-10(13)3-4-11(9)12(14)7-15/h3-5,8,12H,6-7,14H2,1-2H3. The van der Waals surface area contributed by atoms with Crippen LogP contribution < -0.4 is 5.73 Å². The molecule has 0 amide bonds. The molecule has 1 aromatic carbocycles. The molecule has 0 aromatic heterocycles. The summed E-state index contributed by atoms with van der Waals surface area (Å²) >= 11 is 0. The summed E-state index contributed by atoms with van der Waals surface area (Å²) in [4.78, 5) is 2.27. The van der Waals surface area contributed by atoms with Gasteiger partial charge in [-0.15, -0.1) is 0 Å². The second kappa shape index (κ2) is 3.91. The number of rotatable bonds is 1. The Balaban J connectivity index is 2.33. The van der Waals surface area contributed by atoms with Crippen LogP contribution in [0.2, 0.25) is 0 Å². The predicted octanol–water partition coefficient (Wildman–Crippen LogP) is 2.05. The molecule has 1 aliphatic heterocycles. The Morgan fingerprint density at radius 3 is 2.87 bits per heavy atom. The second-order valence-electron chi connectivity index (χ2n) is 4.47. The number of hydrogen-bond acceptors (Lipinski definition) is 2. The van der Waals surface area contributed by atoms with Gasteiger partial charge in [-0.2, -0.15) is 0 Å². The molecular formula is C12H17FN2. The molecule has 1 aliphatic rings. The van der Waals surface area contributed by atoms with Gasteiger partial charge in [0.25, 0.3) is 0 Å². The average Bonchev–Trinajstić information content (AvgIpc) is 2.16. The first-order valence-corrected chi connectivity index (χ1v) is 5.36. The SMILES string of the molecule is CC(C)N1Cc2cc(F)ccc2C(N)C1. The second-order valence-corrected chi connectivity index (χ2v) is 4.47. The fourth-order valence-electron chi connectivity index (χ4n) is 2.10. The molecule has 1 atom stereocenters. The normalized spacial score (nSPS) is 21.8. The highest BCUT2D eigenvalue weighted by Crippen LogP contribution is 2.26. The zero-order valence-electron chi connectivity index (χ0n) is 9.20. The van der Waals surface area contributed by atoms with E-state index in [0.29, 0.717) is 6.04 Å². The Morgan fingerprint density at radius 1 is 1.47 bits per heavy atom. The lowest BCUT2D eigenvalue weighted by Gasteiger charge is -2.35. The molecule has 0 spiro atoms. The maximum atomic E-state index is 13.1. The van der Waals surface area contributed by atoms with E-state index in [1.807, 2.05) is 6.07 Å². The molecule has 0 aliphatic carbocycles. The number of nitrogens with two attached hydrogens (primary N) is 1. The lowest BCUT2D eigenvalue weighted by atomic mass is 9.95. The molecule has 1 heterocycles. The van der Waals surface area contributed by atoms with Gasteiger partial charge in [0.05, 0.1) is 0 Å². The maximum absolute atomic E-state index is 13.1. The number of hydrogen-bond donors (Lipinski definition) is 1. The summed E-state index contributed by atoms with van der Waals surface area (Å²) in [6.07, 6.45) is 0. The topological polar surface area (TPSA) is 29.3 Å². The third-order valence-corrected chi connectivity index (χ3v) is 3.04. The highest BCUT2D eigenvalue weighted by Gasteiger charge is 2.24. The molecule has 1 aromatic rings. The lowest BCUT2D eigenvalue weighted by Crippen LogP contribution is -2.40. The van der Waals surface area contributed by atoms with E-state index in [0.717, 1.165) is 24.2 Å². The van der Waals surface area contributed by atoms with Gasteiger partial charge in [0.1, 0.15) is 5.82 Å². The summed E-state index contributed by atoms with van der Waals surface area (Å²) in [7, 11) is 0. The molecule has 0 saturated heterocycles. The smallest absolute Gasteiger partial charge is 0.123 e. The van der Waals surface area contributed by atoms with Crippen molar-refractivity contribution >= 4 is 0 Å². The third kappa shape index (κ3) is 2.03. The van der Waals surface area contributed by atoms with Gasteiger partial charge in [-0.3, -0.25) is 4.90 Å². The van der Waals surface area contributed by atoms with E-state index in [1.54, 1.807) is 6.07 Å². The summed E-state index contributed by atoms with van der Waals surface area (Å²) in [5, 5.41) is 0. The Kier molecular flexibility index (Phi) is 2.76. The van der Waals surface area contributed by atoms with E-state index in [1.165, 1.54) is 6.07 Å². The van der Waals surface area contributed by atoms with Crippen LogP contribution in [-0.2, 0) is 6.54 Å². The molecule has 0 fully saturated rings. The van der Waals surface area contributed by atoms with Crippen LogP contribution in [0.3, 0.4) is 0 Å². The highest BCUT2D eigenvalue weighted by atomic mass is 19.1. The Morgan fingerprint density at radius 2 is 2.20 bits per heavy atom. The molecule has 2 nitrogen and oxygen atoms in total. The minimum Gasteiger partial charge on any atom is -0.323 e. The number of halogens is 1.